The molecular formula is C19H21F3N2O2. The van der Waals surface area contributed by atoms with Crippen molar-refractivity contribution in [2.75, 3.05) is 13.2 Å². The zero-order valence-corrected chi connectivity index (χ0v) is 14.6. The molecule has 0 radical (unpaired) electrons. The third kappa shape index (κ3) is 3.93. The van der Waals surface area contributed by atoms with Crippen molar-refractivity contribution >= 4 is 16.7 Å². The number of halogens is 3. The molecule has 1 heterocycles. The molecule has 1 aliphatic heterocycles. The van der Waals surface area contributed by atoms with E-state index < -0.39 is 18.1 Å². The first-order valence-corrected chi connectivity index (χ1v) is 8.54. The lowest BCUT2D eigenvalue weighted by Crippen LogP contribution is -2.43. The predicted octanol–water partition coefficient (Wildman–Crippen LogP) is 4.21. The highest BCUT2D eigenvalue weighted by atomic mass is 19.4. The summed E-state index contributed by atoms with van der Waals surface area (Å²) in [6, 6.07) is 8.40. The normalized spacial score (nSPS) is 16.9. The zero-order valence-electron chi connectivity index (χ0n) is 14.6. The van der Waals surface area contributed by atoms with Crippen LogP contribution in [0.4, 0.5) is 13.2 Å². The number of hydrogen-bond acceptors (Lipinski definition) is 3. The molecule has 7 heteroatoms. The van der Waals surface area contributed by atoms with Crippen LogP contribution in [0.3, 0.4) is 0 Å². The van der Waals surface area contributed by atoms with Gasteiger partial charge in [0.05, 0.1) is 6.61 Å². The Hall–Kier alpha value is -2.28. The van der Waals surface area contributed by atoms with Crippen molar-refractivity contribution in [3.8, 4) is 5.75 Å². The van der Waals surface area contributed by atoms with Crippen molar-refractivity contribution in [1.82, 2.24) is 10.4 Å². The van der Waals surface area contributed by atoms with Crippen LogP contribution in [-0.2, 0) is 4.79 Å². The van der Waals surface area contributed by atoms with E-state index in [0.29, 0.717) is 12.0 Å². The standard InChI is InChI=1S/C19H21F3N2O2/c1-12(2)11-26-16-10-14-6-4-3-5-13(14)9-15(16)18(19(20,21)22)24-8-7-17(25)23-24/h3-6,9-10,12,18H,7-8,11H2,1-2H3,(H,23,25)/t18-/m0/s1. The molecule has 0 spiro atoms. The predicted molar refractivity (Wildman–Crippen MR) is 92.5 cm³/mol. The highest BCUT2D eigenvalue weighted by Gasteiger charge is 2.48. The minimum atomic E-state index is -4.56. The molecule has 1 fully saturated rings. The smallest absolute Gasteiger partial charge is 0.410 e. The summed E-state index contributed by atoms with van der Waals surface area (Å²) in [5, 5.41) is 2.45. The van der Waals surface area contributed by atoms with Crippen LogP contribution < -0.4 is 10.2 Å². The maximum absolute atomic E-state index is 13.9. The fraction of sp³-hybridized carbons (Fsp3) is 0.421. The first kappa shape index (κ1) is 18.5. The number of alkyl halides is 3. The maximum atomic E-state index is 13.9. The average Bonchev–Trinajstić information content (AvgIpc) is 2.97. The van der Waals surface area contributed by atoms with Gasteiger partial charge in [-0.3, -0.25) is 10.2 Å². The molecule has 0 aromatic heterocycles. The molecule has 4 nitrogen and oxygen atoms in total. The lowest BCUT2D eigenvalue weighted by atomic mass is 9.99. The Morgan fingerprint density at radius 1 is 1.19 bits per heavy atom. The molecular weight excluding hydrogens is 345 g/mol. The number of rotatable bonds is 5. The van der Waals surface area contributed by atoms with Gasteiger partial charge in [0.2, 0.25) is 5.91 Å². The van der Waals surface area contributed by atoms with E-state index >= 15 is 0 Å². The molecule has 26 heavy (non-hydrogen) atoms. The summed E-state index contributed by atoms with van der Waals surface area (Å²) in [5.41, 5.74) is 2.33. The SMILES string of the molecule is CC(C)COc1cc2ccccc2cc1[C@H](N1CCC(=O)N1)C(F)(F)F. The van der Waals surface area contributed by atoms with Crippen LogP contribution in [-0.4, -0.2) is 30.2 Å². The Labute approximate surface area is 149 Å². The number of carbonyl (C=O) groups excluding carboxylic acids is 1. The molecule has 2 aromatic carbocycles. The van der Waals surface area contributed by atoms with Gasteiger partial charge in [-0.1, -0.05) is 38.1 Å². The van der Waals surface area contributed by atoms with Gasteiger partial charge in [0.1, 0.15) is 5.75 Å². The first-order valence-electron chi connectivity index (χ1n) is 8.54. The Morgan fingerprint density at radius 2 is 1.85 bits per heavy atom. The molecule has 1 saturated heterocycles. The summed E-state index contributed by atoms with van der Waals surface area (Å²) in [6.45, 7) is 4.17. The molecule has 0 bridgehead atoms. The lowest BCUT2D eigenvalue weighted by Gasteiger charge is -2.31. The van der Waals surface area contributed by atoms with Crippen LogP contribution in [0, 0.1) is 5.92 Å². The second-order valence-corrected chi connectivity index (χ2v) is 6.86. The summed E-state index contributed by atoms with van der Waals surface area (Å²) in [4.78, 5) is 11.5. The Balaban J connectivity index is 2.11. The second kappa shape index (κ2) is 7.15. The van der Waals surface area contributed by atoms with Crippen molar-refractivity contribution in [3.63, 3.8) is 0 Å². The molecule has 1 atom stereocenters. The van der Waals surface area contributed by atoms with E-state index in [-0.39, 0.29) is 30.2 Å². The minimum Gasteiger partial charge on any atom is -0.493 e. The second-order valence-electron chi connectivity index (χ2n) is 6.86. The van der Waals surface area contributed by atoms with Gasteiger partial charge in [-0.15, -0.1) is 0 Å². The number of amides is 1. The number of fused-ring (bicyclic) bond motifs is 1. The highest BCUT2D eigenvalue weighted by Crippen LogP contribution is 2.43. The van der Waals surface area contributed by atoms with Gasteiger partial charge >= 0.3 is 6.18 Å². The summed E-state index contributed by atoms with van der Waals surface area (Å²) in [5.74, 6) is -0.0456. The van der Waals surface area contributed by atoms with Crippen molar-refractivity contribution in [3.05, 3.63) is 42.0 Å². The largest absolute Gasteiger partial charge is 0.493 e. The van der Waals surface area contributed by atoms with Crippen LogP contribution in [0.1, 0.15) is 31.9 Å². The summed E-state index contributed by atoms with van der Waals surface area (Å²) in [6.07, 6.45) is -4.52. The topological polar surface area (TPSA) is 41.6 Å². The Bertz CT molecular complexity index is 805. The van der Waals surface area contributed by atoms with E-state index in [2.05, 4.69) is 5.43 Å². The quantitative estimate of drug-likeness (QED) is 0.862. The molecule has 0 aliphatic carbocycles. The van der Waals surface area contributed by atoms with Gasteiger partial charge in [-0.2, -0.15) is 13.2 Å². The van der Waals surface area contributed by atoms with Crippen molar-refractivity contribution in [2.45, 2.75) is 32.5 Å². The third-order valence-electron chi connectivity index (χ3n) is 4.21. The van der Waals surface area contributed by atoms with E-state index in [4.69, 9.17) is 4.74 Å². The first-order chi connectivity index (χ1) is 12.3. The molecule has 2 aromatic rings. The maximum Gasteiger partial charge on any atom is 0.410 e. The molecule has 3 rings (SSSR count). The molecule has 1 N–H and O–H groups in total. The van der Waals surface area contributed by atoms with Gasteiger partial charge < -0.3 is 4.74 Å². The van der Waals surface area contributed by atoms with Gasteiger partial charge in [-0.05, 0) is 28.8 Å². The number of carbonyl (C=O) groups is 1. The molecule has 0 saturated carbocycles. The Kier molecular flexibility index (Phi) is 5.09. The van der Waals surface area contributed by atoms with Gasteiger partial charge in [0, 0.05) is 18.5 Å². The molecule has 1 amide bonds. The third-order valence-corrected chi connectivity index (χ3v) is 4.21. The van der Waals surface area contributed by atoms with Crippen molar-refractivity contribution in [1.29, 1.82) is 0 Å². The van der Waals surface area contributed by atoms with E-state index in [1.165, 1.54) is 6.07 Å². The zero-order chi connectivity index (χ0) is 18.9. The number of nitrogens with one attached hydrogen (secondary N) is 1. The number of hydrazine groups is 1. The highest BCUT2D eigenvalue weighted by molar-refractivity contribution is 5.85. The van der Waals surface area contributed by atoms with Crippen LogP contribution in [0.15, 0.2) is 36.4 Å². The molecule has 1 aliphatic rings. The lowest BCUT2D eigenvalue weighted by molar-refractivity contribution is -0.191. The number of benzene rings is 2. The van der Waals surface area contributed by atoms with Crippen molar-refractivity contribution < 1.29 is 22.7 Å². The monoisotopic (exact) mass is 366 g/mol. The van der Waals surface area contributed by atoms with Crippen molar-refractivity contribution in [2.24, 2.45) is 5.92 Å². The van der Waals surface area contributed by atoms with E-state index in [0.717, 1.165) is 10.4 Å². The number of nitrogens with zero attached hydrogens (tertiary/aromatic N) is 1. The van der Waals surface area contributed by atoms with Crippen LogP contribution in [0.25, 0.3) is 10.8 Å². The van der Waals surface area contributed by atoms with Gasteiger partial charge in [0.25, 0.3) is 0 Å². The van der Waals surface area contributed by atoms with E-state index in [1.807, 2.05) is 26.0 Å². The van der Waals surface area contributed by atoms with Gasteiger partial charge in [-0.25, -0.2) is 5.01 Å². The van der Waals surface area contributed by atoms with Gasteiger partial charge in [0.15, 0.2) is 6.04 Å². The number of ether oxygens (including phenoxy) is 1. The molecule has 140 valence electrons. The van der Waals surface area contributed by atoms with Crippen LogP contribution >= 0.6 is 0 Å². The van der Waals surface area contributed by atoms with Crippen LogP contribution in [0.2, 0.25) is 0 Å². The summed E-state index contributed by atoms with van der Waals surface area (Å²) < 4.78 is 47.5. The average molecular weight is 366 g/mol. The summed E-state index contributed by atoms with van der Waals surface area (Å²) >= 11 is 0. The Morgan fingerprint density at radius 3 is 2.38 bits per heavy atom. The fourth-order valence-electron chi connectivity index (χ4n) is 3.04. The summed E-state index contributed by atoms with van der Waals surface area (Å²) in [7, 11) is 0. The minimum absolute atomic E-state index is 0.000538. The van der Waals surface area contributed by atoms with Crippen LogP contribution in [0.5, 0.6) is 5.75 Å². The van der Waals surface area contributed by atoms with E-state index in [9.17, 15) is 18.0 Å². The van der Waals surface area contributed by atoms with E-state index in [1.54, 1.807) is 18.2 Å². The number of hydrogen-bond donors (Lipinski definition) is 1. The molecule has 0 unspecified atom stereocenters. The fourth-order valence-corrected chi connectivity index (χ4v) is 3.04.